The van der Waals surface area contributed by atoms with Gasteiger partial charge < -0.3 is 15.4 Å². The van der Waals surface area contributed by atoms with Crippen LogP contribution in [-0.2, 0) is 4.74 Å². The molecule has 0 saturated carbocycles. The minimum absolute atomic E-state index is 0. The van der Waals surface area contributed by atoms with Crippen LogP contribution in [0, 0.1) is 0 Å². The van der Waals surface area contributed by atoms with Gasteiger partial charge in [0.1, 0.15) is 0 Å². The van der Waals surface area contributed by atoms with E-state index in [0.29, 0.717) is 12.1 Å². The number of hydrogen-bond donors (Lipinski definition) is 2. The first kappa shape index (κ1) is 18.7. The van der Waals surface area contributed by atoms with Gasteiger partial charge in [-0.3, -0.25) is 9.89 Å². The highest BCUT2D eigenvalue weighted by Gasteiger charge is 2.23. The number of aliphatic imine (C=N–C) groups is 1. The van der Waals surface area contributed by atoms with Crippen LogP contribution in [0.25, 0.3) is 0 Å². The van der Waals surface area contributed by atoms with E-state index in [1.165, 1.54) is 0 Å². The van der Waals surface area contributed by atoms with Gasteiger partial charge in [-0.15, -0.1) is 30.6 Å². The molecule has 1 aliphatic rings. The number of morpholine rings is 1. The van der Waals surface area contributed by atoms with Crippen molar-refractivity contribution in [2.75, 3.05) is 39.9 Å². The number of guanidine groups is 1. The molecule has 5 nitrogen and oxygen atoms in total. The van der Waals surface area contributed by atoms with Crippen molar-refractivity contribution >= 4 is 29.9 Å². The SMILES string of the molecule is C=CCNC(=NC)NCC(C)N1CCOCC1C.I. The van der Waals surface area contributed by atoms with Crippen molar-refractivity contribution in [1.29, 1.82) is 0 Å². The quantitative estimate of drug-likeness (QED) is 0.323. The van der Waals surface area contributed by atoms with E-state index in [-0.39, 0.29) is 24.0 Å². The molecule has 6 heteroatoms. The highest BCUT2D eigenvalue weighted by molar-refractivity contribution is 14.0. The van der Waals surface area contributed by atoms with Gasteiger partial charge in [0.15, 0.2) is 5.96 Å². The lowest BCUT2D eigenvalue weighted by Crippen LogP contribution is -2.53. The number of ether oxygens (including phenoxy) is 1. The number of nitrogens with zero attached hydrogens (tertiary/aromatic N) is 2. The monoisotopic (exact) mass is 382 g/mol. The molecular formula is C13H27IN4O. The van der Waals surface area contributed by atoms with E-state index >= 15 is 0 Å². The Kier molecular flexibility index (Phi) is 10.3. The third-order valence-corrected chi connectivity index (χ3v) is 3.19. The summed E-state index contributed by atoms with van der Waals surface area (Å²) in [5.41, 5.74) is 0. The molecule has 0 aromatic heterocycles. The normalized spacial score (nSPS) is 22.3. The van der Waals surface area contributed by atoms with Crippen LogP contribution in [0.1, 0.15) is 13.8 Å². The van der Waals surface area contributed by atoms with E-state index in [4.69, 9.17) is 4.74 Å². The van der Waals surface area contributed by atoms with Crippen molar-refractivity contribution < 1.29 is 4.74 Å². The standard InChI is InChI=1S/C13H26N4O.HI/c1-5-6-15-13(14-4)16-9-11(2)17-7-8-18-10-12(17)3;/h5,11-12H,1,6-10H2,2-4H3,(H2,14,15,16);1H. The highest BCUT2D eigenvalue weighted by atomic mass is 127. The minimum Gasteiger partial charge on any atom is -0.379 e. The summed E-state index contributed by atoms with van der Waals surface area (Å²) in [5.74, 6) is 0.822. The molecule has 0 aromatic carbocycles. The van der Waals surface area contributed by atoms with E-state index in [0.717, 1.165) is 38.8 Å². The van der Waals surface area contributed by atoms with Crippen LogP contribution < -0.4 is 10.6 Å². The largest absolute Gasteiger partial charge is 0.379 e. The van der Waals surface area contributed by atoms with Gasteiger partial charge in [0, 0.05) is 38.8 Å². The molecule has 0 bridgehead atoms. The molecule has 1 heterocycles. The van der Waals surface area contributed by atoms with Gasteiger partial charge in [0.05, 0.1) is 13.2 Å². The number of rotatable bonds is 5. The summed E-state index contributed by atoms with van der Waals surface area (Å²) >= 11 is 0. The van der Waals surface area contributed by atoms with Crippen LogP contribution in [0.2, 0.25) is 0 Å². The zero-order valence-corrected chi connectivity index (χ0v) is 14.5. The second-order valence-electron chi connectivity index (χ2n) is 4.63. The van der Waals surface area contributed by atoms with Crippen molar-refractivity contribution in [3.8, 4) is 0 Å². The van der Waals surface area contributed by atoms with E-state index in [1.54, 1.807) is 7.05 Å². The Morgan fingerprint density at radius 2 is 2.32 bits per heavy atom. The van der Waals surface area contributed by atoms with Crippen LogP contribution in [0.5, 0.6) is 0 Å². The molecule has 1 rings (SSSR count). The van der Waals surface area contributed by atoms with Crippen LogP contribution in [0.4, 0.5) is 0 Å². The molecule has 2 unspecified atom stereocenters. The van der Waals surface area contributed by atoms with Gasteiger partial charge in [-0.25, -0.2) is 0 Å². The maximum atomic E-state index is 5.45. The molecule has 0 aromatic rings. The van der Waals surface area contributed by atoms with E-state index in [1.807, 2.05) is 6.08 Å². The van der Waals surface area contributed by atoms with Gasteiger partial charge in [-0.05, 0) is 13.8 Å². The molecule has 2 atom stereocenters. The Labute approximate surface area is 133 Å². The lowest BCUT2D eigenvalue weighted by molar-refractivity contribution is -0.0174. The predicted octanol–water partition coefficient (Wildman–Crippen LogP) is 1.06. The zero-order chi connectivity index (χ0) is 13.4. The van der Waals surface area contributed by atoms with E-state index in [9.17, 15) is 0 Å². The van der Waals surface area contributed by atoms with Gasteiger partial charge >= 0.3 is 0 Å². The van der Waals surface area contributed by atoms with Crippen LogP contribution in [0.15, 0.2) is 17.6 Å². The summed E-state index contributed by atoms with van der Waals surface area (Å²) in [7, 11) is 1.78. The predicted molar refractivity (Wildman–Crippen MR) is 91.4 cm³/mol. The highest BCUT2D eigenvalue weighted by Crippen LogP contribution is 2.09. The molecule has 0 radical (unpaired) electrons. The summed E-state index contributed by atoms with van der Waals surface area (Å²) in [6.07, 6.45) is 1.82. The van der Waals surface area contributed by atoms with Crippen molar-refractivity contribution in [3.05, 3.63) is 12.7 Å². The molecule has 19 heavy (non-hydrogen) atoms. The number of hydrogen-bond acceptors (Lipinski definition) is 3. The molecule has 2 N–H and O–H groups in total. The second-order valence-corrected chi connectivity index (χ2v) is 4.63. The van der Waals surface area contributed by atoms with Gasteiger partial charge in [-0.2, -0.15) is 0 Å². The smallest absolute Gasteiger partial charge is 0.191 e. The average Bonchev–Trinajstić information content (AvgIpc) is 2.39. The Morgan fingerprint density at radius 1 is 1.58 bits per heavy atom. The topological polar surface area (TPSA) is 48.9 Å². The molecule has 1 fully saturated rings. The second kappa shape index (κ2) is 10.4. The summed E-state index contributed by atoms with van der Waals surface area (Å²) in [5, 5.41) is 6.50. The van der Waals surface area contributed by atoms with Crippen LogP contribution in [0.3, 0.4) is 0 Å². The molecular weight excluding hydrogens is 355 g/mol. The van der Waals surface area contributed by atoms with Crippen LogP contribution in [-0.4, -0.2) is 62.8 Å². The first-order chi connectivity index (χ1) is 8.69. The Balaban J connectivity index is 0.00000324. The number of nitrogens with one attached hydrogen (secondary N) is 2. The summed E-state index contributed by atoms with van der Waals surface area (Å²) in [6.45, 7) is 12.4. The third-order valence-electron chi connectivity index (χ3n) is 3.19. The van der Waals surface area contributed by atoms with Crippen molar-refractivity contribution in [2.24, 2.45) is 4.99 Å². The Morgan fingerprint density at radius 3 is 2.89 bits per heavy atom. The lowest BCUT2D eigenvalue weighted by atomic mass is 10.2. The van der Waals surface area contributed by atoms with Gasteiger partial charge in [-0.1, -0.05) is 6.08 Å². The molecule has 0 spiro atoms. The first-order valence-electron chi connectivity index (χ1n) is 6.58. The minimum atomic E-state index is 0. The molecule has 0 amide bonds. The fraction of sp³-hybridized carbons (Fsp3) is 0.769. The Bertz CT molecular complexity index is 286. The van der Waals surface area contributed by atoms with Crippen molar-refractivity contribution in [1.82, 2.24) is 15.5 Å². The first-order valence-corrected chi connectivity index (χ1v) is 6.58. The number of halogens is 1. The lowest BCUT2D eigenvalue weighted by Gasteiger charge is -2.38. The molecule has 112 valence electrons. The average molecular weight is 382 g/mol. The van der Waals surface area contributed by atoms with Gasteiger partial charge in [0.25, 0.3) is 0 Å². The fourth-order valence-corrected chi connectivity index (χ4v) is 2.15. The van der Waals surface area contributed by atoms with Crippen molar-refractivity contribution in [2.45, 2.75) is 25.9 Å². The molecule has 0 aliphatic carbocycles. The zero-order valence-electron chi connectivity index (χ0n) is 12.2. The van der Waals surface area contributed by atoms with Crippen molar-refractivity contribution in [3.63, 3.8) is 0 Å². The maximum Gasteiger partial charge on any atom is 0.191 e. The third kappa shape index (κ3) is 6.58. The van der Waals surface area contributed by atoms with E-state index < -0.39 is 0 Å². The summed E-state index contributed by atoms with van der Waals surface area (Å²) in [4.78, 5) is 6.63. The molecule has 1 saturated heterocycles. The van der Waals surface area contributed by atoms with Gasteiger partial charge in [0.2, 0.25) is 0 Å². The fourth-order valence-electron chi connectivity index (χ4n) is 2.15. The summed E-state index contributed by atoms with van der Waals surface area (Å²) < 4.78 is 5.45. The maximum absolute atomic E-state index is 5.45. The molecule has 1 aliphatic heterocycles. The van der Waals surface area contributed by atoms with E-state index in [2.05, 4.69) is 41.0 Å². The Hall–Kier alpha value is -0.340. The summed E-state index contributed by atoms with van der Waals surface area (Å²) in [6, 6.07) is 0.949. The van der Waals surface area contributed by atoms with Crippen LogP contribution >= 0.6 is 24.0 Å².